The second-order valence-corrected chi connectivity index (χ2v) is 6.41. The Balaban J connectivity index is 1.58. The van der Waals surface area contributed by atoms with Gasteiger partial charge in [0, 0.05) is 42.2 Å². The summed E-state index contributed by atoms with van der Waals surface area (Å²) in [5.41, 5.74) is 1.40. The molecule has 128 valence electrons. The average molecular weight is 350 g/mol. The number of likely N-dealkylation sites (tertiary alicyclic amines) is 1. The van der Waals surface area contributed by atoms with Crippen molar-refractivity contribution in [3.8, 4) is 0 Å². The molecule has 2 heterocycles. The first-order valence-electron chi connectivity index (χ1n) is 7.92. The molecule has 3 rings (SSSR count). The summed E-state index contributed by atoms with van der Waals surface area (Å²) in [6.07, 6.45) is 1.49. The van der Waals surface area contributed by atoms with Crippen molar-refractivity contribution in [1.29, 1.82) is 0 Å². The molecule has 7 heteroatoms. The van der Waals surface area contributed by atoms with Gasteiger partial charge in [-0.05, 0) is 37.1 Å². The largest absolute Gasteiger partial charge is 0.375 e. The molecule has 2 amide bonds. The topological polar surface area (TPSA) is 74.4 Å². The van der Waals surface area contributed by atoms with E-state index in [1.54, 1.807) is 17.0 Å². The third kappa shape index (κ3) is 3.71. The summed E-state index contributed by atoms with van der Waals surface area (Å²) in [6, 6.07) is 7.33. The highest BCUT2D eigenvalue weighted by Crippen LogP contribution is 2.20. The molecule has 0 bridgehead atoms. The molecule has 24 heavy (non-hydrogen) atoms. The second kappa shape index (κ2) is 7.23. The molecule has 0 radical (unpaired) electrons. The Morgan fingerprint density at radius 2 is 2.08 bits per heavy atom. The molecule has 0 saturated carbocycles. The number of piperidine rings is 1. The van der Waals surface area contributed by atoms with Crippen LogP contribution in [0.3, 0.4) is 0 Å². The van der Waals surface area contributed by atoms with Crippen LogP contribution in [0, 0.1) is 0 Å². The van der Waals surface area contributed by atoms with Crippen molar-refractivity contribution in [2.45, 2.75) is 18.9 Å². The molecule has 1 aliphatic rings. The van der Waals surface area contributed by atoms with Crippen molar-refractivity contribution >= 4 is 34.3 Å². The van der Waals surface area contributed by atoms with Gasteiger partial charge in [0.2, 0.25) is 5.91 Å². The van der Waals surface area contributed by atoms with E-state index in [0.717, 1.165) is 23.7 Å². The number of H-pyrrole nitrogens is 1. The van der Waals surface area contributed by atoms with Gasteiger partial charge < -0.3 is 19.9 Å². The van der Waals surface area contributed by atoms with E-state index in [4.69, 9.17) is 16.3 Å². The highest BCUT2D eigenvalue weighted by Gasteiger charge is 2.24. The molecule has 2 N–H and O–H groups in total. The Morgan fingerprint density at radius 1 is 1.33 bits per heavy atom. The third-order valence-corrected chi connectivity index (χ3v) is 4.51. The van der Waals surface area contributed by atoms with E-state index in [1.165, 1.54) is 7.11 Å². The summed E-state index contributed by atoms with van der Waals surface area (Å²) in [4.78, 5) is 29.1. The number of hydrogen-bond acceptors (Lipinski definition) is 3. The number of nitrogens with one attached hydrogen (secondary N) is 2. The van der Waals surface area contributed by atoms with Crippen LogP contribution in [0.4, 0.5) is 0 Å². The maximum atomic E-state index is 12.4. The Kier molecular flexibility index (Phi) is 5.06. The number of hydrogen-bond donors (Lipinski definition) is 2. The molecule has 0 unspecified atom stereocenters. The lowest BCUT2D eigenvalue weighted by Crippen LogP contribution is -2.47. The van der Waals surface area contributed by atoms with Crippen LogP contribution < -0.4 is 5.32 Å². The molecular weight excluding hydrogens is 330 g/mol. The third-order valence-electron chi connectivity index (χ3n) is 4.28. The molecule has 1 aliphatic heterocycles. The van der Waals surface area contributed by atoms with E-state index in [-0.39, 0.29) is 24.5 Å². The number of halogens is 1. The molecule has 0 aliphatic carbocycles. The maximum Gasteiger partial charge on any atom is 0.267 e. The quantitative estimate of drug-likeness (QED) is 0.888. The molecule has 1 saturated heterocycles. The number of carbonyl (C=O) groups excluding carboxylic acids is 2. The lowest BCUT2D eigenvalue weighted by molar-refractivity contribution is -0.136. The van der Waals surface area contributed by atoms with Gasteiger partial charge in [-0.1, -0.05) is 11.6 Å². The lowest BCUT2D eigenvalue weighted by Gasteiger charge is -2.32. The van der Waals surface area contributed by atoms with E-state index >= 15 is 0 Å². The Bertz CT molecular complexity index is 751. The van der Waals surface area contributed by atoms with Crippen LogP contribution in [0.1, 0.15) is 23.3 Å². The van der Waals surface area contributed by atoms with Gasteiger partial charge in [0.15, 0.2) is 0 Å². The highest BCUT2D eigenvalue weighted by atomic mass is 35.5. The number of nitrogens with zero attached hydrogens (tertiary/aromatic N) is 1. The van der Waals surface area contributed by atoms with Gasteiger partial charge >= 0.3 is 0 Å². The van der Waals surface area contributed by atoms with Crippen molar-refractivity contribution in [2.75, 3.05) is 26.8 Å². The van der Waals surface area contributed by atoms with Crippen molar-refractivity contribution < 1.29 is 14.3 Å². The summed E-state index contributed by atoms with van der Waals surface area (Å²) >= 11 is 5.97. The molecule has 2 aromatic rings. The zero-order valence-electron chi connectivity index (χ0n) is 13.5. The highest BCUT2D eigenvalue weighted by molar-refractivity contribution is 6.31. The van der Waals surface area contributed by atoms with Crippen LogP contribution in [0.15, 0.2) is 24.3 Å². The molecule has 1 fully saturated rings. The predicted molar refractivity (Wildman–Crippen MR) is 92.3 cm³/mol. The number of rotatable bonds is 4. The smallest absolute Gasteiger partial charge is 0.267 e. The van der Waals surface area contributed by atoms with Crippen molar-refractivity contribution in [3.05, 3.63) is 35.0 Å². The van der Waals surface area contributed by atoms with Gasteiger partial charge in [0.25, 0.3) is 5.91 Å². The van der Waals surface area contributed by atoms with E-state index < -0.39 is 0 Å². The predicted octanol–water partition coefficient (Wildman–Crippen LogP) is 2.19. The summed E-state index contributed by atoms with van der Waals surface area (Å²) in [6.45, 7) is 1.37. The van der Waals surface area contributed by atoms with Crippen LogP contribution in [0.25, 0.3) is 10.9 Å². The van der Waals surface area contributed by atoms with Gasteiger partial charge in [0.05, 0.1) is 0 Å². The number of methoxy groups -OCH3 is 1. The van der Waals surface area contributed by atoms with Gasteiger partial charge in [-0.25, -0.2) is 0 Å². The van der Waals surface area contributed by atoms with Crippen LogP contribution in [0.5, 0.6) is 0 Å². The average Bonchev–Trinajstić information content (AvgIpc) is 2.99. The number of fused-ring (bicyclic) bond motifs is 1. The lowest BCUT2D eigenvalue weighted by atomic mass is 10.0. The van der Waals surface area contributed by atoms with Gasteiger partial charge in [-0.15, -0.1) is 0 Å². The number of carbonyl (C=O) groups is 2. The van der Waals surface area contributed by atoms with Crippen molar-refractivity contribution in [3.63, 3.8) is 0 Å². The monoisotopic (exact) mass is 349 g/mol. The summed E-state index contributed by atoms with van der Waals surface area (Å²) in [7, 11) is 1.51. The number of amides is 2. The van der Waals surface area contributed by atoms with E-state index in [1.807, 2.05) is 12.1 Å². The molecule has 6 nitrogen and oxygen atoms in total. The number of benzene rings is 1. The normalized spacial score (nSPS) is 15.7. The minimum atomic E-state index is -0.135. The Hall–Kier alpha value is -2.05. The van der Waals surface area contributed by atoms with Crippen LogP contribution >= 0.6 is 11.6 Å². The fourth-order valence-corrected chi connectivity index (χ4v) is 3.16. The van der Waals surface area contributed by atoms with E-state index in [2.05, 4.69) is 10.3 Å². The Labute approximate surface area is 145 Å². The first-order valence-corrected chi connectivity index (χ1v) is 8.30. The molecule has 0 atom stereocenters. The minimum absolute atomic E-state index is 0.00484. The number of aromatic nitrogens is 1. The zero-order chi connectivity index (χ0) is 17.1. The Morgan fingerprint density at radius 3 is 2.79 bits per heavy atom. The fourth-order valence-electron chi connectivity index (χ4n) is 2.98. The van der Waals surface area contributed by atoms with Gasteiger partial charge in [-0.3, -0.25) is 9.59 Å². The molecule has 1 aromatic heterocycles. The van der Waals surface area contributed by atoms with Crippen LogP contribution in [-0.4, -0.2) is 54.5 Å². The van der Waals surface area contributed by atoms with E-state index in [9.17, 15) is 9.59 Å². The summed E-state index contributed by atoms with van der Waals surface area (Å²) < 4.78 is 4.87. The van der Waals surface area contributed by atoms with Gasteiger partial charge in [-0.2, -0.15) is 0 Å². The number of ether oxygens (including phenoxy) is 1. The van der Waals surface area contributed by atoms with Crippen LogP contribution in [-0.2, 0) is 9.53 Å². The van der Waals surface area contributed by atoms with Crippen molar-refractivity contribution in [2.24, 2.45) is 0 Å². The SMILES string of the molecule is COCC(=O)N1CCC(NC(=O)c2cc3cc(Cl)ccc3[nH]2)CC1. The maximum absolute atomic E-state index is 12.4. The first kappa shape index (κ1) is 16.8. The summed E-state index contributed by atoms with van der Waals surface area (Å²) in [5.74, 6) is -0.140. The first-order chi connectivity index (χ1) is 11.6. The molecule has 1 aromatic carbocycles. The van der Waals surface area contributed by atoms with Crippen molar-refractivity contribution in [1.82, 2.24) is 15.2 Å². The standard InChI is InChI=1S/C17H20ClN3O3/c1-24-10-16(22)21-6-4-13(5-7-21)19-17(23)15-9-11-8-12(18)2-3-14(11)20-15/h2-3,8-9,13,20H,4-7,10H2,1H3,(H,19,23). The fraction of sp³-hybridized carbons (Fsp3) is 0.412. The minimum Gasteiger partial charge on any atom is -0.375 e. The zero-order valence-corrected chi connectivity index (χ0v) is 14.2. The van der Waals surface area contributed by atoms with Gasteiger partial charge in [0.1, 0.15) is 12.3 Å². The summed E-state index contributed by atoms with van der Waals surface area (Å²) in [5, 5.41) is 4.58. The molecule has 0 spiro atoms. The second-order valence-electron chi connectivity index (χ2n) is 5.98. The van der Waals surface area contributed by atoms with E-state index in [0.29, 0.717) is 23.8 Å². The number of aromatic amines is 1. The molecular formula is C17H20ClN3O3. The van der Waals surface area contributed by atoms with Crippen LogP contribution in [0.2, 0.25) is 5.02 Å².